The smallest absolute Gasteiger partial charge is 0.286 e. The zero-order valence-corrected chi connectivity index (χ0v) is 14.1. The van der Waals surface area contributed by atoms with E-state index in [9.17, 15) is 9.59 Å². The molecule has 5 nitrogen and oxygen atoms in total. The number of halogens is 1. The van der Waals surface area contributed by atoms with E-state index in [1.54, 1.807) is 12.1 Å². The number of nitrogens with one attached hydrogen (secondary N) is 1. The molecular weight excluding hydrogens is 360 g/mol. The monoisotopic (exact) mass is 376 g/mol. The molecular formula is C17H17BrN2O3. The summed E-state index contributed by atoms with van der Waals surface area (Å²) in [7, 11) is 0. The lowest BCUT2D eigenvalue weighted by Gasteiger charge is -2.29. The number of furan rings is 1. The van der Waals surface area contributed by atoms with Crippen molar-refractivity contribution in [2.45, 2.75) is 19.3 Å². The number of carbonyl (C=O) groups is 2. The van der Waals surface area contributed by atoms with E-state index in [2.05, 4.69) is 27.3 Å². The lowest BCUT2D eigenvalue weighted by Crippen LogP contribution is -2.37. The van der Waals surface area contributed by atoms with Gasteiger partial charge in [0.05, 0.1) is 6.26 Å². The zero-order chi connectivity index (χ0) is 16.2. The van der Waals surface area contributed by atoms with Gasteiger partial charge in [0.2, 0.25) is 5.91 Å². The summed E-state index contributed by atoms with van der Waals surface area (Å²) >= 11 is 3.46. The Kier molecular flexibility index (Phi) is 4.81. The van der Waals surface area contributed by atoms with Crippen molar-refractivity contribution in [3.05, 3.63) is 52.4 Å². The van der Waals surface area contributed by atoms with E-state index >= 15 is 0 Å². The van der Waals surface area contributed by atoms with E-state index in [1.165, 1.54) is 11.8 Å². The van der Waals surface area contributed by atoms with Crippen molar-refractivity contribution in [1.82, 2.24) is 5.32 Å². The van der Waals surface area contributed by atoms with Crippen LogP contribution < -0.4 is 10.2 Å². The maximum Gasteiger partial charge on any atom is 0.286 e. The second-order valence-corrected chi connectivity index (χ2v) is 6.32. The summed E-state index contributed by atoms with van der Waals surface area (Å²) in [6.07, 6.45) is 3.65. The van der Waals surface area contributed by atoms with Crippen molar-refractivity contribution in [2.75, 3.05) is 18.0 Å². The van der Waals surface area contributed by atoms with Gasteiger partial charge in [0.15, 0.2) is 5.76 Å². The first kappa shape index (κ1) is 15.8. The number of rotatable bonds is 4. The zero-order valence-electron chi connectivity index (χ0n) is 12.5. The third-order valence-corrected chi connectivity index (χ3v) is 4.32. The Hall–Kier alpha value is -2.08. The fourth-order valence-corrected chi connectivity index (χ4v) is 3.15. The number of nitrogens with zero attached hydrogens (tertiary/aromatic N) is 1. The Balaban J connectivity index is 1.58. The number of hydrogen-bond donors (Lipinski definition) is 1. The van der Waals surface area contributed by atoms with E-state index < -0.39 is 0 Å². The molecule has 0 saturated carbocycles. The van der Waals surface area contributed by atoms with Crippen molar-refractivity contribution in [2.24, 2.45) is 0 Å². The Morgan fingerprint density at radius 3 is 2.96 bits per heavy atom. The maximum atomic E-state index is 12.5. The van der Waals surface area contributed by atoms with Gasteiger partial charge in [0, 0.05) is 29.7 Å². The summed E-state index contributed by atoms with van der Waals surface area (Å²) in [6, 6.07) is 9.23. The van der Waals surface area contributed by atoms with Gasteiger partial charge in [-0.3, -0.25) is 9.59 Å². The minimum Gasteiger partial charge on any atom is -0.459 e. The molecule has 1 N–H and O–H groups in total. The SMILES string of the molecule is O=C(NCCC(=O)N1CCCc2cc(Br)ccc21)c1ccco1. The molecule has 0 bridgehead atoms. The summed E-state index contributed by atoms with van der Waals surface area (Å²) < 4.78 is 6.04. The van der Waals surface area contributed by atoms with Gasteiger partial charge in [-0.1, -0.05) is 15.9 Å². The van der Waals surface area contributed by atoms with Gasteiger partial charge in [-0.05, 0) is 48.7 Å². The third-order valence-electron chi connectivity index (χ3n) is 3.83. The van der Waals surface area contributed by atoms with Crippen LogP contribution in [0.15, 0.2) is 45.5 Å². The topological polar surface area (TPSA) is 62.6 Å². The average Bonchev–Trinajstić information content (AvgIpc) is 3.08. The molecule has 2 aromatic rings. The Morgan fingerprint density at radius 1 is 1.30 bits per heavy atom. The van der Waals surface area contributed by atoms with E-state index in [0.717, 1.165) is 29.5 Å². The minimum absolute atomic E-state index is 0.0213. The Bertz CT molecular complexity index is 713. The van der Waals surface area contributed by atoms with Crippen LogP contribution in [0, 0.1) is 0 Å². The van der Waals surface area contributed by atoms with Crippen LogP contribution in [0.25, 0.3) is 0 Å². The Labute approximate surface area is 142 Å². The minimum atomic E-state index is -0.300. The van der Waals surface area contributed by atoms with E-state index in [-0.39, 0.29) is 24.0 Å². The van der Waals surface area contributed by atoms with Crippen LogP contribution in [0.4, 0.5) is 5.69 Å². The summed E-state index contributed by atoms with van der Waals surface area (Å²) in [4.78, 5) is 26.0. The number of benzene rings is 1. The summed E-state index contributed by atoms with van der Waals surface area (Å²) in [5, 5.41) is 2.70. The molecule has 120 valence electrons. The van der Waals surface area contributed by atoms with Crippen LogP contribution in [0.2, 0.25) is 0 Å². The van der Waals surface area contributed by atoms with Gasteiger partial charge in [-0.15, -0.1) is 0 Å². The second kappa shape index (κ2) is 7.00. The predicted molar refractivity (Wildman–Crippen MR) is 90.5 cm³/mol. The highest BCUT2D eigenvalue weighted by atomic mass is 79.9. The van der Waals surface area contributed by atoms with Crippen molar-refractivity contribution in [3.63, 3.8) is 0 Å². The number of hydrogen-bond acceptors (Lipinski definition) is 3. The molecule has 0 spiro atoms. The van der Waals surface area contributed by atoms with Crippen molar-refractivity contribution in [1.29, 1.82) is 0 Å². The fourth-order valence-electron chi connectivity index (χ4n) is 2.74. The maximum absolute atomic E-state index is 12.5. The highest BCUT2D eigenvalue weighted by Gasteiger charge is 2.22. The normalized spacial score (nSPS) is 13.5. The van der Waals surface area contributed by atoms with E-state index in [1.807, 2.05) is 17.0 Å². The van der Waals surface area contributed by atoms with Crippen LogP contribution in [0.5, 0.6) is 0 Å². The molecule has 1 aromatic carbocycles. The number of fused-ring (bicyclic) bond motifs is 1. The lowest BCUT2D eigenvalue weighted by atomic mass is 10.0. The van der Waals surface area contributed by atoms with Gasteiger partial charge in [-0.2, -0.15) is 0 Å². The van der Waals surface area contributed by atoms with E-state index in [4.69, 9.17) is 4.42 Å². The quantitative estimate of drug-likeness (QED) is 0.891. The molecule has 0 fully saturated rings. The molecule has 0 atom stereocenters. The van der Waals surface area contributed by atoms with Crippen molar-refractivity contribution >= 4 is 33.4 Å². The molecule has 3 rings (SSSR count). The van der Waals surface area contributed by atoms with Crippen molar-refractivity contribution in [3.8, 4) is 0 Å². The summed E-state index contributed by atoms with van der Waals surface area (Å²) in [6.45, 7) is 1.01. The molecule has 2 heterocycles. The molecule has 23 heavy (non-hydrogen) atoms. The number of anilines is 1. The number of aryl methyl sites for hydroxylation is 1. The summed E-state index contributed by atoms with van der Waals surface area (Å²) in [5.41, 5.74) is 2.15. The van der Waals surface area contributed by atoms with Gasteiger partial charge in [0.25, 0.3) is 5.91 Å². The highest BCUT2D eigenvalue weighted by molar-refractivity contribution is 9.10. The van der Waals surface area contributed by atoms with Gasteiger partial charge < -0.3 is 14.6 Å². The van der Waals surface area contributed by atoms with Gasteiger partial charge >= 0.3 is 0 Å². The third kappa shape index (κ3) is 3.64. The standard InChI is InChI=1S/C17H17BrN2O3/c18-13-5-6-14-12(11-13)3-1-9-20(14)16(21)7-8-19-17(22)15-4-2-10-23-15/h2,4-6,10-11H,1,3,7-9H2,(H,19,22). The van der Waals surface area contributed by atoms with Gasteiger partial charge in [0.1, 0.15) is 0 Å². The largest absolute Gasteiger partial charge is 0.459 e. The molecule has 2 amide bonds. The first-order chi connectivity index (χ1) is 11.1. The molecule has 1 aliphatic heterocycles. The molecule has 1 aliphatic rings. The number of carbonyl (C=O) groups excluding carboxylic acids is 2. The van der Waals surface area contributed by atoms with Crippen LogP contribution in [0.1, 0.15) is 29.0 Å². The first-order valence-corrected chi connectivity index (χ1v) is 8.35. The van der Waals surface area contributed by atoms with Crippen LogP contribution in [-0.4, -0.2) is 24.9 Å². The van der Waals surface area contributed by atoms with Crippen LogP contribution in [-0.2, 0) is 11.2 Å². The highest BCUT2D eigenvalue weighted by Crippen LogP contribution is 2.30. The summed E-state index contributed by atoms with van der Waals surface area (Å²) in [5.74, 6) is -0.0237. The molecule has 0 saturated heterocycles. The predicted octanol–water partition coefficient (Wildman–Crippen LogP) is 3.14. The molecule has 0 radical (unpaired) electrons. The first-order valence-electron chi connectivity index (χ1n) is 7.55. The average molecular weight is 377 g/mol. The molecule has 6 heteroatoms. The lowest BCUT2D eigenvalue weighted by molar-refractivity contribution is -0.118. The van der Waals surface area contributed by atoms with Crippen LogP contribution >= 0.6 is 15.9 Å². The fraction of sp³-hybridized carbons (Fsp3) is 0.294. The molecule has 0 aliphatic carbocycles. The van der Waals surface area contributed by atoms with Crippen LogP contribution in [0.3, 0.4) is 0 Å². The Morgan fingerprint density at radius 2 is 2.17 bits per heavy atom. The number of amides is 2. The second-order valence-electron chi connectivity index (χ2n) is 5.41. The van der Waals surface area contributed by atoms with E-state index in [0.29, 0.717) is 6.54 Å². The molecule has 1 aromatic heterocycles. The van der Waals surface area contributed by atoms with Crippen molar-refractivity contribution < 1.29 is 14.0 Å². The molecule has 0 unspecified atom stereocenters. The van der Waals surface area contributed by atoms with Gasteiger partial charge in [-0.25, -0.2) is 0 Å².